The zero-order valence-electron chi connectivity index (χ0n) is 9.23. The Morgan fingerprint density at radius 3 is 3.06 bits per heavy atom. The molecule has 2 unspecified atom stereocenters. The Morgan fingerprint density at radius 2 is 2.44 bits per heavy atom. The van der Waals surface area contributed by atoms with E-state index in [1.165, 1.54) is 12.8 Å². The summed E-state index contributed by atoms with van der Waals surface area (Å²) in [5.74, 6) is 0. The zero-order chi connectivity index (χ0) is 11.4. The third-order valence-electron chi connectivity index (χ3n) is 2.95. The van der Waals surface area contributed by atoms with Gasteiger partial charge in [0.1, 0.15) is 0 Å². The molecule has 0 bridgehead atoms. The van der Waals surface area contributed by atoms with Crippen LogP contribution in [-0.2, 0) is 4.74 Å². The summed E-state index contributed by atoms with van der Waals surface area (Å²) in [6.45, 7) is 0.902. The SMILES string of the molecule is NC(CCC1CCCO1)c1ccc(Cl)cn1. The molecular formula is C12H17ClN2O. The van der Waals surface area contributed by atoms with Gasteiger partial charge in [-0.3, -0.25) is 4.98 Å². The Hall–Kier alpha value is -0.640. The topological polar surface area (TPSA) is 48.1 Å². The summed E-state index contributed by atoms with van der Waals surface area (Å²) in [4.78, 5) is 4.23. The van der Waals surface area contributed by atoms with Crippen molar-refractivity contribution in [2.75, 3.05) is 6.61 Å². The van der Waals surface area contributed by atoms with Gasteiger partial charge in [0, 0.05) is 18.8 Å². The largest absolute Gasteiger partial charge is 0.378 e. The molecule has 0 aromatic carbocycles. The van der Waals surface area contributed by atoms with Gasteiger partial charge in [-0.2, -0.15) is 0 Å². The summed E-state index contributed by atoms with van der Waals surface area (Å²) in [7, 11) is 0. The van der Waals surface area contributed by atoms with Crippen molar-refractivity contribution in [1.82, 2.24) is 4.98 Å². The van der Waals surface area contributed by atoms with Gasteiger partial charge in [-0.05, 0) is 37.8 Å². The summed E-state index contributed by atoms with van der Waals surface area (Å²) in [5.41, 5.74) is 6.97. The van der Waals surface area contributed by atoms with Crippen LogP contribution in [0.25, 0.3) is 0 Å². The molecule has 2 heterocycles. The zero-order valence-corrected chi connectivity index (χ0v) is 9.99. The Balaban J connectivity index is 1.82. The predicted molar refractivity (Wildman–Crippen MR) is 64.4 cm³/mol. The number of halogens is 1. The minimum Gasteiger partial charge on any atom is -0.378 e. The Labute approximate surface area is 101 Å². The van der Waals surface area contributed by atoms with Gasteiger partial charge in [-0.1, -0.05) is 11.6 Å². The molecular weight excluding hydrogens is 224 g/mol. The second kappa shape index (κ2) is 5.62. The van der Waals surface area contributed by atoms with Crippen LogP contribution in [-0.4, -0.2) is 17.7 Å². The molecule has 0 saturated carbocycles. The lowest BCUT2D eigenvalue weighted by molar-refractivity contribution is 0.101. The summed E-state index contributed by atoms with van der Waals surface area (Å²) >= 11 is 5.77. The third-order valence-corrected chi connectivity index (χ3v) is 3.18. The van der Waals surface area contributed by atoms with Gasteiger partial charge in [-0.15, -0.1) is 0 Å². The lowest BCUT2D eigenvalue weighted by atomic mass is 10.0. The molecule has 0 spiro atoms. The maximum atomic E-state index is 6.06. The Morgan fingerprint density at radius 1 is 1.56 bits per heavy atom. The number of hydrogen-bond donors (Lipinski definition) is 1. The van der Waals surface area contributed by atoms with E-state index in [1.54, 1.807) is 6.20 Å². The van der Waals surface area contributed by atoms with Gasteiger partial charge >= 0.3 is 0 Å². The summed E-state index contributed by atoms with van der Waals surface area (Å²) in [6.07, 6.45) is 6.33. The summed E-state index contributed by atoms with van der Waals surface area (Å²) in [5, 5.41) is 0.648. The molecule has 1 fully saturated rings. The number of hydrogen-bond acceptors (Lipinski definition) is 3. The van der Waals surface area contributed by atoms with Crippen LogP contribution >= 0.6 is 11.6 Å². The van der Waals surface area contributed by atoms with Crippen molar-refractivity contribution < 1.29 is 4.74 Å². The Kier molecular flexibility index (Phi) is 4.16. The van der Waals surface area contributed by atoms with E-state index in [9.17, 15) is 0 Å². The molecule has 0 amide bonds. The highest BCUT2D eigenvalue weighted by Gasteiger charge is 2.17. The number of nitrogens with two attached hydrogens (primary N) is 1. The number of nitrogens with zero attached hydrogens (tertiary/aromatic N) is 1. The maximum Gasteiger partial charge on any atom is 0.0589 e. The molecule has 1 aliphatic heterocycles. The van der Waals surface area contributed by atoms with Gasteiger partial charge in [0.25, 0.3) is 0 Å². The smallest absolute Gasteiger partial charge is 0.0589 e. The van der Waals surface area contributed by atoms with Gasteiger partial charge in [0.15, 0.2) is 0 Å². The van der Waals surface area contributed by atoms with Crippen molar-refractivity contribution in [3.8, 4) is 0 Å². The average Bonchev–Trinajstić information content (AvgIpc) is 2.80. The van der Waals surface area contributed by atoms with Crippen LogP contribution in [0, 0.1) is 0 Å². The minimum absolute atomic E-state index is 0.0125. The van der Waals surface area contributed by atoms with E-state index in [-0.39, 0.29) is 6.04 Å². The first kappa shape index (κ1) is 11.8. The van der Waals surface area contributed by atoms with Crippen molar-refractivity contribution in [2.24, 2.45) is 5.73 Å². The second-order valence-electron chi connectivity index (χ2n) is 4.22. The van der Waals surface area contributed by atoms with E-state index < -0.39 is 0 Å². The summed E-state index contributed by atoms with van der Waals surface area (Å²) < 4.78 is 5.56. The van der Waals surface area contributed by atoms with E-state index in [2.05, 4.69) is 4.98 Å². The van der Waals surface area contributed by atoms with Crippen molar-refractivity contribution in [3.05, 3.63) is 29.0 Å². The van der Waals surface area contributed by atoms with Crippen LogP contribution in [0.15, 0.2) is 18.3 Å². The van der Waals surface area contributed by atoms with Crippen molar-refractivity contribution >= 4 is 11.6 Å². The first-order valence-corrected chi connectivity index (χ1v) is 6.12. The van der Waals surface area contributed by atoms with Gasteiger partial charge < -0.3 is 10.5 Å². The third kappa shape index (κ3) is 3.17. The molecule has 1 aliphatic rings. The average molecular weight is 241 g/mol. The van der Waals surface area contributed by atoms with E-state index in [4.69, 9.17) is 22.1 Å². The lowest BCUT2D eigenvalue weighted by Gasteiger charge is -2.14. The monoisotopic (exact) mass is 240 g/mol. The van der Waals surface area contributed by atoms with Gasteiger partial charge in [-0.25, -0.2) is 0 Å². The van der Waals surface area contributed by atoms with Crippen LogP contribution in [0.4, 0.5) is 0 Å². The molecule has 3 nitrogen and oxygen atoms in total. The number of rotatable bonds is 4. The molecule has 2 rings (SSSR count). The standard InChI is InChI=1S/C12H17ClN2O/c13-9-3-6-12(15-8-9)11(14)5-4-10-2-1-7-16-10/h3,6,8,10-11H,1-2,4-5,7,14H2. The second-order valence-corrected chi connectivity index (χ2v) is 4.66. The first-order valence-electron chi connectivity index (χ1n) is 5.74. The normalized spacial score (nSPS) is 22.2. The van der Waals surface area contributed by atoms with E-state index in [1.807, 2.05) is 12.1 Å². The summed E-state index contributed by atoms with van der Waals surface area (Å²) in [6, 6.07) is 3.71. The fourth-order valence-corrected chi connectivity index (χ4v) is 2.10. The van der Waals surface area contributed by atoms with Crippen molar-refractivity contribution in [3.63, 3.8) is 0 Å². The molecule has 2 atom stereocenters. The molecule has 2 N–H and O–H groups in total. The Bertz CT molecular complexity index is 322. The van der Waals surface area contributed by atoms with Crippen LogP contribution in [0.2, 0.25) is 5.02 Å². The molecule has 1 saturated heterocycles. The molecule has 0 radical (unpaired) electrons. The van der Waals surface area contributed by atoms with Gasteiger partial charge in [0.2, 0.25) is 0 Å². The molecule has 4 heteroatoms. The maximum absolute atomic E-state index is 6.06. The first-order chi connectivity index (χ1) is 7.75. The van der Waals surface area contributed by atoms with Crippen molar-refractivity contribution in [1.29, 1.82) is 0 Å². The fraction of sp³-hybridized carbons (Fsp3) is 0.583. The van der Waals surface area contributed by atoms with Crippen LogP contribution in [0.5, 0.6) is 0 Å². The molecule has 88 valence electrons. The van der Waals surface area contributed by atoms with Crippen LogP contribution in [0.3, 0.4) is 0 Å². The molecule has 1 aromatic rings. The van der Waals surface area contributed by atoms with Crippen LogP contribution < -0.4 is 5.73 Å². The lowest BCUT2D eigenvalue weighted by Crippen LogP contribution is -2.15. The van der Waals surface area contributed by atoms with Crippen molar-refractivity contribution in [2.45, 2.75) is 37.8 Å². The minimum atomic E-state index is -0.0125. The van der Waals surface area contributed by atoms with Gasteiger partial charge in [0.05, 0.1) is 16.8 Å². The predicted octanol–water partition coefficient (Wildman–Crippen LogP) is 2.69. The highest BCUT2D eigenvalue weighted by Crippen LogP contribution is 2.22. The highest BCUT2D eigenvalue weighted by molar-refractivity contribution is 6.30. The van der Waals surface area contributed by atoms with E-state index in [0.717, 1.165) is 25.1 Å². The number of ether oxygens (including phenoxy) is 1. The fourth-order valence-electron chi connectivity index (χ4n) is 1.99. The van der Waals surface area contributed by atoms with E-state index >= 15 is 0 Å². The highest BCUT2D eigenvalue weighted by atomic mass is 35.5. The van der Waals surface area contributed by atoms with E-state index in [0.29, 0.717) is 11.1 Å². The molecule has 16 heavy (non-hydrogen) atoms. The number of aromatic nitrogens is 1. The van der Waals surface area contributed by atoms with Crippen LogP contribution in [0.1, 0.15) is 37.4 Å². The quantitative estimate of drug-likeness (QED) is 0.880. The number of pyridine rings is 1. The molecule has 0 aliphatic carbocycles. The molecule has 1 aromatic heterocycles.